The summed E-state index contributed by atoms with van der Waals surface area (Å²) in [7, 11) is 0. The van der Waals surface area contributed by atoms with Crippen LogP contribution in [0, 0.1) is 28.9 Å². The van der Waals surface area contributed by atoms with Crippen LogP contribution in [0.25, 0.3) is 39.5 Å². The molecule has 0 aromatic heterocycles. The molecule has 2 aromatic rings. The molecule has 2 aliphatic carbocycles. The molecule has 2 aliphatic heterocycles. The van der Waals surface area contributed by atoms with E-state index in [1.807, 2.05) is 31.2 Å². The Morgan fingerprint density at radius 3 is 2.56 bits per heavy atom. The highest BCUT2D eigenvalue weighted by atomic mass is 19.1. The first-order chi connectivity index (χ1) is 23.0. The van der Waals surface area contributed by atoms with Gasteiger partial charge < -0.3 is 25.3 Å². The standard InChI is InChI=1S/C36H34F2N4O6/c1-19-36(2)24(18-40-33(47)8-4-7-32(46)39-11-12-43)35(36)27(42-41-19)10-9-20-5-3-6-21(13-20)34-22-14-25(37)28(44)16-30(22)48-31-17-29(45)26(38)15-23(31)34/h3,5-6,9-10,13-17,24,35,43-44H,4,7-8,11-12,18H2,1-2H3,(H,39,46)(H,40,47)/b10-9+. The maximum absolute atomic E-state index is 14.5. The van der Waals surface area contributed by atoms with Gasteiger partial charge in [0.2, 0.25) is 17.2 Å². The molecule has 0 spiro atoms. The van der Waals surface area contributed by atoms with Gasteiger partial charge in [-0.3, -0.25) is 14.4 Å². The lowest BCUT2D eigenvalue weighted by Crippen LogP contribution is -2.29. The van der Waals surface area contributed by atoms with Crippen molar-refractivity contribution in [2.75, 3.05) is 19.7 Å². The second kappa shape index (κ2) is 13.1. The van der Waals surface area contributed by atoms with Crippen LogP contribution in [0.3, 0.4) is 0 Å². The molecule has 248 valence electrons. The van der Waals surface area contributed by atoms with Crippen LogP contribution in [0.5, 0.6) is 5.75 Å². The molecule has 1 saturated carbocycles. The number of benzene rings is 3. The zero-order valence-electron chi connectivity index (χ0n) is 26.3. The van der Waals surface area contributed by atoms with E-state index in [2.05, 4.69) is 27.8 Å². The van der Waals surface area contributed by atoms with E-state index >= 15 is 0 Å². The van der Waals surface area contributed by atoms with Crippen molar-refractivity contribution in [2.24, 2.45) is 27.5 Å². The minimum absolute atomic E-state index is 0.0301. The number of phenolic OH excluding ortho intramolecular Hbond substituents is 1. The summed E-state index contributed by atoms with van der Waals surface area (Å²) in [6.45, 7) is 4.51. The number of halogens is 2. The van der Waals surface area contributed by atoms with Crippen LogP contribution in [-0.2, 0) is 9.59 Å². The number of aliphatic hydroxyl groups is 1. The molecule has 3 unspecified atom stereocenters. The highest BCUT2D eigenvalue weighted by Crippen LogP contribution is 2.61. The average Bonchev–Trinajstić information content (AvgIpc) is 3.69. The number of nitrogens with zero attached hydrogens (tertiary/aromatic N) is 2. The van der Waals surface area contributed by atoms with Crippen LogP contribution in [0.2, 0.25) is 0 Å². The Morgan fingerprint density at radius 2 is 1.79 bits per heavy atom. The van der Waals surface area contributed by atoms with Crippen molar-refractivity contribution in [3.05, 3.63) is 82.0 Å². The summed E-state index contributed by atoms with van der Waals surface area (Å²) >= 11 is 0. The number of allylic oxidation sites excluding steroid dienone is 1. The number of nitrogens with one attached hydrogen (secondary N) is 2. The average molecular weight is 657 g/mol. The summed E-state index contributed by atoms with van der Waals surface area (Å²) in [5, 5.41) is 33.5. The predicted molar refractivity (Wildman–Crippen MR) is 178 cm³/mol. The molecule has 0 saturated heterocycles. The summed E-state index contributed by atoms with van der Waals surface area (Å²) in [6, 6.07) is 11.6. The number of fused-ring (bicyclic) bond motifs is 3. The Balaban J connectivity index is 1.21. The number of amides is 2. The van der Waals surface area contributed by atoms with Gasteiger partial charge in [-0.25, -0.2) is 8.78 Å². The first kappa shape index (κ1) is 32.7. The third-order valence-electron chi connectivity index (χ3n) is 9.35. The third kappa shape index (κ3) is 6.23. The number of rotatable bonds is 11. The van der Waals surface area contributed by atoms with Gasteiger partial charge in [0.05, 0.1) is 12.3 Å². The summed E-state index contributed by atoms with van der Waals surface area (Å²) in [6.07, 6.45) is 4.57. The number of hydrogen-bond donors (Lipinski definition) is 4. The van der Waals surface area contributed by atoms with Gasteiger partial charge in [0.25, 0.3) is 0 Å². The normalized spacial score (nSPS) is 20.0. The summed E-state index contributed by atoms with van der Waals surface area (Å²) < 4.78 is 34.8. The lowest BCUT2D eigenvalue weighted by atomic mass is 9.92. The van der Waals surface area contributed by atoms with Crippen LogP contribution in [0.4, 0.5) is 8.78 Å². The summed E-state index contributed by atoms with van der Waals surface area (Å²) in [5.41, 5.74) is 2.72. The molecule has 2 aromatic carbocycles. The fraction of sp³-hybridized carbons (Fsp3) is 0.306. The van der Waals surface area contributed by atoms with Gasteiger partial charge in [0.15, 0.2) is 17.4 Å². The largest absolute Gasteiger partial charge is 0.505 e. The van der Waals surface area contributed by atoms with E-state index in [0.29, 0.717) is 29.5 Å². The molecule has 4 N–H and O–H groups in total. The Bertz CT molecular complexity index is 2050. The van der Waals surface area contributed by atoms with E-state index < -0.39 is 22.8 Å². The molecule has 2 amide bonds. The molecule has 0 radical (unpaired) electrons. The molecule has 0 bridgehead atoms. The first-order valence-electron chi connectivity index (χ1n) is 15.6. The van der Waals surface area contributed by atoms with Crippen molar-refractivity contribution < 1.29 is 33.0 Å². The Hall–Kier alpha value is -5.23. The van der Waals surface area contributed by atoms with Crippen molar-refractivity contribution in [1.29, 1.82) is 0 Å². The molecule has 48 heavy (non-hydrogen) atoms. The molecule has 2 heterocycles. The van der Waals surface area contributed by atoms with E-state index in [1.165, 1.54) is 0 Å². The third-order valence-corrected chi connectivity index (χ3v) is 9.35. The Morgan fingerprint density at radius 1 is 1.02 bits per heavy atom. The van der Waals surface area contributed by atoms with Gasteiger partial charge >= 0.3 is 0 Å². The van der Waals surface area contributed by atoms with Crippen LogP contribution in [-0.4, -0.2) is 53.1 Å². The number of aliphatic hydroxyl groups excluding tert-OH is 1. The van der Waals surface area contributed by atoms with Crippen LogP contribution in [0.15, 0.2) is 74.0 Å². The van der Waals surface area contributed by atoms with E-state index in [4.69, 9.17) is 9.52 Å². The molecule has 6 rings (SSSR count). The smallest absolute Gasteiger partial charge is 0.220 e. The van der Waals surface area contributed by atoms with Crippen molar-refractivity contribution in [3.63, 3.8) is 0 Å². The second-order valence-corrected chi connectivity index (χ2v) is 12.3. The van der Waals surface area contributed by atoms with Crippen molar-refractivity contribution in [1.82, 2.24) is 10.6 Å². The zero-order chi connectivity index (χ0) is 34.2. The summed E-state index contributed by atoms with van der Waals surface area (Å²) in [4.78, 5) is 36.3. The fourth-order valence-corrected chi connectivity index (χ4v) is 6.57. The minimum Gasteiger partial charge on any atom is -0.505 e. The van der Waals surface area contributed by atoms with E-state index in [0.717, 1.165) is 41.3 Å². The van der Waals surface area contributed by atoms with E-state index in [1.54, 1.807) is 12.1 Å². The molecule has 4 aliphatic rings. The molecular formula is C36H34F2N4O6. The van der Waals surface area contributed by atoms with Crippen LogP contribution >= 0.6 is 0 Å². The number of hydrogen-bond acceptors (Lipinski definition) is 8. The predicted octanol–water partition coefficient (Wildman–Crippen LogP) is 5.04. The van der Waals surface area contributed by atoms with E-state index in [-0.39, 0.29) is 72.0 Å². The fourth-order valence-electron chi connectivity index (χ4n) is 6.57. The van der Waals surface area contributed by atoms with Gasteiger partial charge in [-0.15, -0.1) is 0 Å². The maximum atomic E-state index is 14.5. The van der Waals surface area contributed by atoms with Crippen molar-refractivity contribution >= 4 is 40.3 Å². The molecular weight excluding hydrogens is 622 g/mol. The number of phenols is 1. The van der Waals surface area contributed by atoms with Gasteiger partial charge in [-0.1, -0.05) is 31.2 Å². The summed E-state index contributed by atoms with van der Waals surface area (Å²) in [5.74, 6) is -2.61. The van der Waals surface area contributed by atoms with Crippen molar-refractivity contribution in [2.45, 2.75) is 33.1 Å². The highest BCUT2D eigenvalue weighted by molar-refractivity contribution is 6.11. The van der Waals surface area contributed by atoms with Crippen molar-refractivity contribution in [3.8, 4) is 28.2 Å². The minimum atomic E-state index is -0.973. The number of carbonyl (C=O) groups excluding carboxylic acids is 2. The lowest BCUT2D eigenvalue weighted by molar-refractivity contribution is -0.122. The molecule has 3 atom stereocenters. The quantitative estimate of drug-likeness (QED) is 0.166. The highest BCUT2D eigenvalue weighted by Gasteiger charge is 2.65. The van der Waals surface area contributed by atoms with Crippen LogP contribution < -0.4 is 16.1 Å². The van der Waals surface area contributed by atoms with Gasteiger partial charge in [-0.2, -0.15) is 10.2 Å². The Kier molecular flexibility index (Phi) is 8.93. The second-order valence-electron chi connectivity index (χ2n) is 12.3. The number of aromatic hydroxyl groups is 1. The number of carbonyl (C=O) groups is 2. The topological polar surface area (TPSA) is 154 Å². The monoisotopic (exact) mass is 656 g/mol. The molecule has 10 nitrogen and oxygen atoms in total. The SMILES string of the molecule is CC1=NN=C(/C=C/c2cccc(-c3c4cc(F)c(=O)cc-4oc4cc(O)c(F)cc34)c2)C2C(CNC(=O)CCCC(=O)NCCO)C12C. The van der Waals surface area contributed by atoms with Crippen LogP contribution in [0.1, 0.15) is 38.7 Å². The maximum Gasteiger partial charge on any atom is 0.220 e. The lowest BCUT2D eigenvalue weighted by Gasteiger charge is -2.16. The zero-order valence-corrected chi connectivity index (χ0v) is 26.3. The van der Waals surface area contributed by atoms with Gasteiger partial charge in [0.1, 0.15) is 11.3 Å². The van der Waals surface area contributed by atoms with Gasteiger partial charge in [0, 0.05) is 71.6 Å². The Labute approximate surface area is 274 Å². The molecule has 12 heteroatoms. The van der Waals surface area contributed by atoms with E-state index in [9.17, 15) is 28.3 Å². The van der Waals surface area contributed by atoms with Gasteiger partial charge in [-0.05, 0) is 54.7 Å². The molecule has 1 fully saturated rings. The first-order valence-corrected chi connectivity index (χ1v) is 15.6.